The number of amides is 3. The van der Waals surface area contributed by atoms with Crippen molar-refractivity contribution in [1.82, 2.24) is 15.5 Å². The number of carbonyl (C=O) groups excluding carboxylic acids is 3. The lowest BCUT2D eigenvalue weighted by Gasteiger charge is -2.29. The van der Waals surface area contributed by atoms with Gasteiger partial charge in [-0.05, 0) is 45.4 Å². The van der Waals surface area contributed by atoms with Gasteiger partial charge >= 0.3 is 5.97 Å². The molecule has 0 aliphatic carbocycles. The van der Waals surface area contributed by atoms with Gasteiger partial charge in [-0.2, -0.15) is 0 Å². The predicted molar refractivity (Wildman–Crippen MR) is 130 cm³/mol. The number of likely N-dealkylation sites (tertiary alicyclic amines) is 1. The van der Waals surface area contributed by atoms with E-state index in [4.69, 9.17) is 28.7 Å². The summed E-state index contributed by atoms with van der Waals surface area (Å²) in [6, 6.07) is -3.87. The van der Waals surface area contributed by atoms with Crippen LogP contribution in [0.25, 0.3) is 0 Å². The van der Waals surface area contributed by atoms with Crippen molar-refractivity contribution in [3.8, 4) is 0 Å². The molecule has 4 atom stereocenters. The number of aliphatic imine (C=N–C) groups is 2. The number of hydrogen-bond donors (Lipinski definition) is 8. The van der Waals surface area contributed by atoms with Crippen LogP contribution in [0.5, 0.6) is 0 Å². The molecule has 15 heteroatoms. The lowest BCUT2D eigenvalue weighted by molar-refractivity contribution is -0.149. The molecule has 1 heterocycles. The van der Waals surface area contributed by atoms with Crippen LogP contribution in [0.4, 0.5) is 0 Å². The Morgan fingerprint density at radius 1 is 0.943 bits per heavy atom. The van der Waals surface area contributed by atoms with Crippen molar-refractivity contribution >= 4 is 35.6 Å². The van der Waals surface area contributed by atoms with E-state index in [-0.39, 0.29) is 44.4 Å². The van der Waals surface area contributed by atoms with Gasteiger partial charge in [-0.3, -0.25) is 24.4 Å². The highest BCUT2D eigenvalue weighted by molar-refractivity contribution is 5.94. The molecule has 15 nitrogen and oxygen atoms in total. The molecular weight excluding hydrogens is 460 g/mol. The van der Waals surface area contributed by atoms with Gasteiger partial charge in [-0.25, -0.2) is 4.79 Å². The fourth-order valence-electron chi connectivity index (χ4n) is 3.60. The van der Waals surface area contributed by atoms with E-state index in [1.165, 1.54) is 11.8 Å². The van der Waals surface area contributed by atoms with E-state index in [9.17, 15) is 24.3 Å². The van der Waals surface area contributed by atoms with E-state index >= 15 is 0 Å². The number of nitrogens with two attached hydrogens (primary N) is 5. The first-order valence-electron chi connectivity index (χ1n) is 11.4. The summed E-state index contributed by atoms with van der Waals surface area (Å²) in [5.41, 5.74) is 26.9. The Bertz CT molecular complexity index is 808. The normalized spacial score (nSPS) is 17.5. The molecule has 0 aromatic heterocycles. The van der Waals surface area contributed by atoms with E-state index in [2.05, 4.69) is 20.6 Å². The van der Waals surface area contributed by atoms with E-state index in [1.54, 1.807) is 0 Å². The van der Waals surface area contributed by atoms with Crippen LogP contribution in [0.15, 0.2) is 9.98 Å². The molecule has 0 radical (unpaired) electrons. The van der Waals surface area contributed by atoms with Crippen molar-refractivity contribution in [1.29, 1.82) is 0 Å². The van der Waals surface area contributed by atoms with Crippen molar-refractivity contribution in [2.45, 2.75) is 69.6 Å². The third-order valence-electron chi connectivity index (χ3n) is 5.37. The van der Waals surface area contributed by atoms with Crippen LogP contribution in [-0.4, -0.2) is 89.4 Å². The predicted octanol–water partition coefficient (Wildman–Crippen LogP) is -3.51. The lowest BCUT2D eigenvalue weighted by atomic mass is 10.1. The molecule has 0 saturated carbocycles. The fourth-order valence-corrected chi connectivity index (χ4v) is 3.60. The van der Waals surface area contributed by atoms with E-state index in [0.29, 0.717) is 25.7 Å². The first-order chi connectivity index (χ1) is 16.4. The molecular formula is C20H38N10O5. The summed E-state index contributed by atoms with van der Waals surface area (Å²) in [7, 11) is 0. The Morgan fingerprint density at radius 3 is 1.94 bits per heavy atom. The first kappa shape index (κ1) is 29.4. The van der Waals surface area contributed by atoms with Gasteiger partial charge in [0, 0.05) is 19.6 Å². The number of rotatable bonds is 14. The maximum absolute atomic E-state index is 13.2. The molecule has 0 spiro atoms. The van der Waals surface area contributed by atoms with Crippen LogP contribution in [0.1, 0.15) is 45.4 Å². The average Bonchev–Trinajstić information content (AvgIpc) is 3.27. The van der Waals surface area contributed by atoms with Crippen LogP contribution in [0.3, 0.4) is 0 Å². The highest BCUT2D eigenvalue weighted by Crippen LogP contribution is 2.20. The Hall–Kier alpha value is -3.62. The second-order valence-corrected chi connectivity index (χ2v) is 8.34. The van der Waals surface area contributed by atoms with Crippen molar-refractivity contribution < 1.29 is 24.3 Å². The minimum Gasteiger partial charge on any atom is -0.480 e. The zero-order valence-electron chi connectivity index (χ0n) is 20.0. The number of hydrogen-bond acceptors (Lipinski definition) is 7. The molecule has 0 bridgehead atoms. The van der Waals surface area contributed by atoms with Gasteiger partial charge in [0.05, 0.1) is 6.04 Å². The summed E-state index contributed by atoms with van der Waals surface area (Å²) in [5, 5.41) is 14.7. The van der Waals surface area contributed by atoms with Crippen LogP contribution in [-0.2, 0) is 19.2 Å². The molecule has 0 aromatic carbocycles. The van der Waals surface area contributed by atoms with Crippen LogP contribution >= 0.6 is 0 Å². The summed E-state index contributed by atoms with van der Waals surface area (Å²) < 4.78 is 0. The Labute approximate surface area is 203 Å². The minimum atomic E-state index is -1.11. The highest BCUT2D eigenvalue weighted by atomic mass is 16.4. The molecule has 198 valence electrons. The minimum absolute atomic E-state index is 0.101. The SMILES string of the molecule is C[C@H](N)C(=O)N[C@@H](CCCN=C(N)N)C(=O)N[C@@H](CCCN=C(N)N)C(=O)N1CCC[C@H]1C(=O)O. The standard InChI is InChI=1S/C20H38N10O5/c1-11(21)15(31)28-12(5-2-8-26-19(22)23)16(32)29-13(6-3-9-27-20(24)25)17(33)30-10-4-7-14(30)18(34)35/h11-14H,2-10,21H2,1H3,(H,28,31)(H,29,32)(H,34,35)(H4,22,23,26)(H4,24,25,27)/t11-,12-,13-,14-/m0/s1. The quantitative estimate of drug-likeness (QED) is 0.0664. The Morgan fingerprint density at radius 2 is 1.46 bits per heavy atom. The van der Waals surface area contributed by atoms with Crippen molar-refractivity contribution in [2.24, 2.45) is 38.7 Å². The lowest BCUT2D eigenvalue weighted by Crippen LogP contribution is -2.57. The zero-order valence-corrected chi connectivity index (χ0v) is 20.0. The second-order valence-electron chi connectivity index (χ2n) is 8.34. The number of carboxylic acids is 1. The molecule has 1 saturated heterocycles. The Kier molecular flexibility index (Phi) is 12.3. The molecule has 1 aliphatic rings. The Balaban J connectivity index is 3.02. The molecule has 0 aromatic rings. The molecule has 1 rings (SSSR count). The summed E-state index contributed by atoms with van der Waals surface area (Å²) in [4.78, 5) is 59.0. The number of aliphatic carboxylic acids is 1. The monoisotopic (exact) mass is 498 g/mol. The number of nitrogens with one attached hydrogen (secondary N) is 2. The maximum Gasteiger partial charge on any atom is 0.326 e. The van der Waals surface area contributed by atoms with Gasteiger partial charge < -0.3 is 49.3 Å². The summed E-state index contributed by atoms with van der Waals surface area (Å²) in [5.74, 6) is -3.01. The van der Waals surface area contributed by atoms with Gasteiger partial charge in [-0.15, -0.1) is 0 Å². The largest absolute Gasteiger partial charge is 0.480 e. The van der Waals surface area contributed by atoms with Gasteiger partial charge in [0.2, 0.25) is 17.7 Å². The van der Waals surface area contributed by atoms with E-state index < -0.39 is 47.9 Å². The fraction of sp³-hybridized carbons (Fsp3) is 0.700. The van der Waals surface area contributed by atoms with Crippen LogP contribution in [0.2, 0.25) is 0 Å². The number of carbonyl (C=O) groups is 4. The highest BCUT2D eigenvalue weighted by Gasteiger charge is 2.38. The second kappa shape index (κ2) is 14.6. The van der Waals surface area contributed by atoms with Gasteiger partial charge in [0.1, 0.15) is 18.1 Å². The summed E-state index contributed by atoms with van der Waals surface area (Å²) in [6.07, 6.45) is 1.92. The molecule has 13 N–H and O–H groups in total. The molecule has 3 amide bonds. The maximum atomic E-state index is 13.2. The smallest absolute Gasteiger partial charge is 0.326 e. The van der Waals surface area contributed by atoms with Crippen molar-refractivity contribution in [3.05, 3.63) is 0 Å². The van der Waals surface area contributed by atoms with Crippen LogP contribution < -0.4 is 39.3 Å². The van der Waals surface area contributed by atoms with Crippen molar-refractivity contribution in [3.63, 3.8) is 0 Å². The molecule has 1 fully saturated rings. The number of nitrogens with zero attached hydrogens (tertiary/aromatic N) is 3. The summed E-state index contributed by atoms with van der Waals surface area (Å²) >= 11 is 0. The molecule has 0 unspecified atom stereocenters. The third-order valence-corrected chi connectivity index (χ3v) is 5.37. The van der Waals surface area contributed by atoms with Gasteiger partial charge in [-0.1, -0.05) is 0 Å². The van der Waals surface area contributed by atoms with E-state index in [0.717, 1.165) is 0 Å². The van der Waals surface area contributed by atoms with Crippen molar-refractivity contribution in [2.75, 3.05) is 19.6 Å². The average molecular weight is 499 g/mol. The van der Waals surface area contributed by atoms with E-state index in [1.807, 2.05) is 0 Å². The van der Waals surface area contributed by atoms with Gasteiger partial charge in [0.25, 0.3) is 0 Å². The topological polar surface area (TPSA) is 271 Å². The molecule has 35 heavy (non-hydrogen) atoms. The first-order valence-corrected chi connectivity index (χ1v) is 11.4. The number of guanidine groups is 2. The zero-order chi connectivity index (χ0) is 26.5. The van der Waals surface area contributed by atoms with Gasteiger partial charge in [0.15, 0.2) is 11.9 Å². The number of carboxylic acid groups (broad SMARTS) is 1. The third kappa shape index (κ3) is 10.5. The molecule has 1 aliphatic heterocycles. The van der Waals surface area contributed by atoms with Crippen LogP contribution in [0, 0.1) is 0 Å². The summed E-state index contributed by atoms with van der Waals surface area (Å²) in [6.45, 7) is 2.18.